The van der Waals surface area contributed by atoms with Crippen molar-refractivity contribution >= 4 is 33.2 Å². The number of hydrogen-bond acceptors (Lipinski definition) is 4. The van der Waals surface area contributed by atoms with Crippen molar-refractivity contribution in [2.75, 3.05) is 14.2 Å². The van der Waals surface area contributed by atoms with Gasteiger partial charge >= 0.3 is 5.97 Å². The Morgan fingerprint density at radius 3 is 2.71 bits per heavy atom. The molecule has 1 aromatic heterocycles. The van der Waals surface area contributed by atoms with Crippen LogP contribution in [0.25, 0.3) is 0 Å². The first-order valence-electron chi connectivity index (χ1n) is 6.31. The SMILES string of the molecule is COc1ccc(C(=O)O)cc1CN(C)Cc1cc(Br)cs1. The molecule has 21 heavy (non-hydrogen) atoms. The highest BCUT2D eigenvalue weighted by atomic mass is 79.9. The monoisotopic (exact) mass is 369 g/mol. The fraction of sp³-hybridized carbons (Fsp3) is 0.267. The number of benzene rings is 1. The molecule has 2 aromatic rings. The van der Waals surface area contributed by atoms with Crippen molar-refractivity contribution in [3.05, 3.63) is 50.1 Å². The number of thiophene rings is 1. The number of carboxylic acid groups (broad SMARTS) is 1. The van der Waals surface area contributed by atoms with E-state index in [2.05, 4.69) is 32.3 Å². The van der Waals surface area contributed by atoms with Gasteiger partial charge in [-0.15, -0.1) is 11.3 Å². The fourth-order valence-corrected chi connectivity index (χ4v) is 3.61. The van der Waals surface area contributed by atoms with Crippen LogP contribution in [0.15, 0.2) is 34.1 Å². The van der Waals surface area contributed by atoms with Crippen molar-refractivity contribution < 1.29 is 14.6 Å². The molecule has 0 aliphatic heterocycles. The highest BCUT2D eigenvalue weighted by molar-refractivity contribution is 9.10. The Bertz CT molecular complexity index is 642. The van der Waals surface area contributed by atoms with Crippen LogP contribution in [0.1, 0.15) is 20.8 Å². The lowest BCUT2D eigenvalue weighted by Crippen LogP contribution is -2.17. The highest BCUT2D eigenvalue weighted by Crippen LogP contribution is 2.24. The second-order valence-electron chi connectivity index (χ2n) is 4.74. The topological polar surface area (TPSA) is 49.8 Å². The van der Waals surface area contributed by atoms with Crippen LogP contribution in [0.4, 0.5) is 0 Å². The summed E-state index contributed by atoms with van der Waals surface area (Å²) in [6.07, 6.45) is 0. The van der Waals surface area contributed by atoms with E-state index in [0.29, 0.717) is 12.3 Å². The second kappa shape index (κ2) is 7.06. The summed E-state index contributed by atoms with van der Waals surface area (Å²) in [5.74, 6) is -0.219. The van der Waals surface area contributed by atoms with Gasteiger partial charge in [0.15, 0.2) is 0 Å². The molecule has 0 aliphatic carbocycles. The molecule has 1 N–H and O–H groups in total. The van der Waals surface area contributed by atoms with Gasteiger partial charge in [0.1, 0.15) is 5.75 Å². The molecule has 0 aliphatic rings. The van der Waals surface area contributed by atoms with Crippen molar-refractivity contribution in [1.29, 1.82) is 0 Å². The lowest BCUT2D eigenvalue weighted by Gasteiger charge is -2.18. The third-order valence-electron chi connectivity index (χ3n) is 3.02. The summed E-state index contributed by atoms with van der Waals surface area (Å²) in [5.41, 5.74) is 1.15. The largest absolute Gasteiger partial charge is 0.496 e. The molecule has 0 saturated heterocycles. The number of hydrogen-bond donors (Lipinski definition) is 1. The molecule has 2 rings (SSSR count). The molecule has 0 saturated carbocycles. The maximum Gasteiger partial charge on any atom is 0.335 e. The zero-order valence-corrected chi connectivity index (χ0v) is 14.2. The van der Waals surface area contributed by atoms with Gasteiger partial charge in [-0.1, -0.05) is 0 Å². The molecule has 0 unspecified atom stereocenters. The first-order valence-corrected chi connectivity index (χ1v) is 7.98. The normalized spacial score (nSPS) is 10.9. The van der Waals surface area contributed by atoms with E-state index in [9.17, 15) is 4.79 Å². The minimum atomic E-state index is -0.927. The van der Waals surface area contributed by atoms with E-state index in [1.807, 2.05) is 7.05 Å². The van der Waals surface area contributed by atoms with Crippen molar-refractivity contribution in [3.8, 4) is 5.75 Å². The Kier molecular flexibility index (Phi) is 5.39. The molecule has 1 heterocycles. The van der Waals surface area contributed by atoms with Crippen molar-refractivity contribution in [2.24, 2.45) is 0 Å². The van der Waals surface area contributed by atoms with E-state index in [-0.39, 0.29) is 5.56 Å². The Morgan fingerprint density at radius 2 is 2.14 bits per heavy atom. The van der Waals surface area contributed by atoms with E-state index in [0.717, 1.165) is 16.6 Å². The number of rotatable bonds is 6. The Labute approximate surface area is 136 Å². The van der Waals surface area contributed by atoms with E-state index < -0.39 is 5.97 Å². The third-order valence-corrected chi connectivity index (χ3v) is 4.70. The van der Waals surface area contributed by atoms with E-state index >= 15 is 0 Å². The number of carbonyl (C=O) groups is 1. The number of ether oxygens (including phenoxy) is 1. The van der Waals surface area contributed by atoms with Crippen LogP contribution in [0.2, 0.25) is 0 Å². The van der Waals surface area contributed by atoms with Gasteiger partial charge in [0, 0.05) is 33.4 Å². The Hall–Kier alpha value is -1.37. The van der Waals surface area contributed by atoms with Gasteiger partial charge in [0.05, 0.1) is 12.7 Å². The van der Waals surface area contributed by atoms with Gasteiger partial charge in [-0.25, -0.2) is 4.79 Å². The maximum atomic E-state index is 11.1. The van der Waals surface area contributed by atoms with Gasteiger partial charge in [0.25, 0.3) is 0 Å². The zero-order chi connectivity index (χ0) is 15.4. The first-order chi connectivity index (χ1) is 9.99. The molecule has 0 atom stereocenters. The van der Waals surface area contributed by atoms with E-state index in [4.69, 9.17) is 9.84 Å². The zero-order valence-electron chi connectivity index (χ0n) is 11.8. The summed E-state index contributed by atoms with van der Waals surface area (Å²) in [7, 11) is 3.59. The van der Waals surface area contributed by atoms with Crippen LogP contribution in [0, 0.1) is 0 Å². The fourth-order valence-electron chi connectivity index (χ4n) is 2.08. The van der Waals surface area contributed by atoms with Gasteiger partial charge in [-0.05, 0) is 47.2 Å². The average molecular weight is 370 g/mol. The minimum Gasteiger partial charge on any atom is -0.496 e. The molecule has 1 aromatic carbocycles. The van der Waals surface area contributed by atoms with Crippen LogP contribution >= 0.6 is 27.3 Å². The van der Waals surface area contributed by atoms with Crippen molar-refractivity contribution in [2.45, 2.75) is 13.1 Å². The summed E-state index contributed by atoms with van der Waals surface area (Å²) in [6.45, 7) is 1.43. The molecule has 0 spiro atoms. The number of halogens is 1. The van der Waals surface area contributed by atoms with Crippen LogP contribution < -0.4 is 4.74 Å². The summed E-state index contributed by atoms with van der Waals surface area (Å²) in [5, 5.41) is 11.1. The number of nitrogens with zero attached hydrogens (tertiary/aromatic N) is 1. The van der Waals surface area contributed by atoms with Crippen molar-refractivity contribution in [3.63, 3.8) is 0 Å². The first kappa shape index (κ1) is 16.0. The standard InChI is InChI=1S/C15H16BrNO3S/c1-17(8-13-6-12(16)9-21-13)7-11-5-10(15(18)19)3-4-14(11)20-2/h3-6,9H,7-8H2,1-2H3,(H,18,19). The number of aromatic carboxylic acids is 1. The molecular weight excluding hydrogens is 354 g/mol. The molecule has 0 fully saturated rings. The second-order valence-corrected chi connectivity index (χ2v) is 6.65. The number of carboxylic acids is 1. The maximum absolute atomic E-state index is 11.1. The van der Waals surface area contributed by atoms with Crippen LogP contribution in [-0.4, -0.2) is 30.1 Å². The van der Waals surface area contributed by atoms with Crippen LogP contribution in [0.3, 0.4) is 0 Å². The third kappa shape index (κ3) is 4.30. The average Bonchev–Trinajstić information content (AvgIpc) is 2.83. The lowest BCUT2D eigenvalue weighted by atomic mass is 10.1. The van der Waals surface area contributed by atoms with Crippen LogP contribution in [0.5, 0.6) is 5.75 Å². The Balaban J connectivity index is 2.13. The van der Waals surface area contributed by atoms with Gasteiger partial charge in [0.2, 0.25) is 0 Å². The quantitative estimate of drug-likeness (QED) is 0.839. The summed E-state index contributed by atoms with van der Waals surface area (Å²) >= 11 is 5.14. The van der Waals surface area contributed by atoms with Gasteiger partial charge < -0.3 is 9.84 Å². The van der Waals surface area contributed by atoms with E-state index in [1.165, 1.54) is 4.88 Å². The van der Waals surface area contributed by atoms with Gasteiger partial charge in [-0.2, -0.15) is 0 Å². The highest BCUT2D eigenvalue weighted by Gasteiger charge is 2.11. The predicted molar refractivity (Wildman–Crippen MR) is 87.1 cm³/mol. The van der Waals surface area contributed by atoms with Gasteiger partial charge in [-0.3, -0.25) is 4.90 Å². The summed E-state index contributed by atoms with van der Waals surface area (Å²) in [4.78, 5) is 14.4. The molecule has 0 amide bonds. The summed E-state index contributed by atoms with van der Waals surface area (Å²) in [6, 6.07) is 7.02. The Morgan fingerprint density at radius 1 is 1.38 bits per heavy atom. The molecular formula is C15H16BrNO3S. The molecule has 4 nitrogen and oxygen atoms in total. The lowest BCUT2D eigenvalue weighted by molar-refractivity contribution is 0.0696. The molecule has 0 bridgehead atoms. The van der Waals surface area contributed by atoms with Crippen molar-refractivity contribution in [1.82, 2.24) is 4.90 Å². The number of methoxy groups -OCH3 is 1. The minimum absolute atomic E-state index is 0.276. The molecule has 6 heteroatoms. The molecule has 0 radical (unpaired) electrons. The van der Waals surface area contributed by atoms with Crippen LogP contribution in [-0.2, 0) is 13.1 Å². The summed E-state index contributed by atoms with van der Waals surface area (Å²) < 4.78 is 6.40. The predicted octanol–water partition coefficient (Wildman–Crippen LogP) is 3.85. The molecule has 112 valence electrons. The smallest absolute Gasteiger partial charge is 0.335 e. The van der Waals surface area contributed by atoms with E-state index in [1.54, 1.807) is 36.6 Å².